The van der Waals surface area contributed by atoms with Crippen molar-refractivity contribution >= 4 is 17.5 Å². The number of hydrogen-bond acceptors (Lipinski definition) is 3. The van der Waals surface area contributed by atoms with Crippen molar-refractivity contribution in [3.63, 3.8) is 0 Å². The van der Waals surface area contributed by atoms with Gasteiger partial charge in [-0.1, -0.05) is 0 Å². The summed E-state index contributed by atoms with van der Waals surface area (Å²) in [6, 6.07) is 4.87. The van der Waals surface area contributed by atoms with E-state index in [1.165, 1.54) is 0 Å². The highest BCUT2D eigenvalue weighted by Gasteiger charge is 2.33. The van der Waals surface area contributed by atoms with Gasteiger partial charge in [0.25, 0.3) is 5.91 Å². The van der Waals surface area contributed by atoms with E-state index in [2.05, 4.69) is 5.32 Å². The molecule has 0 saturated carbocycles. The molecule has 1 saturated heterocycles. The number of nitrogens with zero attached hydrogens (tertiary/aromatic N) is 1. The molecule has 1 atom stereocenters. The third-order valence-electron chi connectivity index (χ3n) is 3.58. The third kappa shape index (κ3) is 2.54. The molecule has 1 aliphatic rings. The first-order valence-electron chi connectivity index (χ1n) is 6.43. The summed E-state index contributed by atoms with van der Waals surface area (Å²) in [4.78, 5) is 25.8. The Morgan fingerprint density at radius 2 is 2.16 bits per heavy atom. The number of amides is 2. The number of nitrogen functional groups attached to an aromatic ring is 1. The number of carbonyl (C=O) groups excluding carboxylic acids is 2. The fourth-order valence-corrected chi connectivity index (χ4v) is 2.42. The Hall–Kier alpha value is -2.04. The zero-order valence-corrected chi connectivity index (χ0v) is 11.3. The van der Waals surface area contributed by atoms with Crippen LogP contribution in [0.3, 0.4) is 0 Å². The number of benzene rings is 1. The number of aryl methyl sites for hydroxylation is 1. The predicted octanol–water partition coefficient (Wildman–Crippen LogP) is 0.928. The summed E-state index contributed by atoms with van der Waals surface area (Å²) in [6.07, 6.45) is 1.58. The first kappa shape index (κ1) is 13.4. The van der Waals surface area contributed by atoms with Crippen LogP contribution < -0.4 is 11.1 Å². The minimum atomic E-state index is -0.352. The van der Waals surface area contributed by atoms with Crippen molar-refractivity contribution in [1.82, 2.24) is 10.2 Å². The maximum atomic E-state index is 12.4. The first-order chi connectivity index (χ1) is 9.04. The number of likely N-dealkylation sites (N-methyl/N-ethyl adjacent to an activating group) is 1. The van der Waals surface area contributed by atoms with Crippen LogP contribution in [0.15, 0.2) is 18.2 Å². The van der Waals surface area contributed by atoms with E-state index in [9.17, 15) is 9.59 Å². The summed E-state index contributed by atoms with van der Waals surface area (Å²) < 4.78 is 0. The molecule has 0 aliphatic carbocycles. The lowest BCUT2D eigenvalue weighted by Crippen LogP contribution is -2.44. The standard InChI is InChI=1S/C14H19N3O2/c1-9-8-10(5-6-11(9)15)14(19)17-7-3-4-12(17)13(18)16-2/h5-6,8,12H,3-4,7,15H2,1-2H3,(H,16,18). The molecule has 1 aliphatic heterocycles. The Balaban J connectivity index is 2.23. The van der Waals surface area contributed by atoms with Crippen LogP contribution in [0.1, 0.15) is 28.8 Å². The second-order valence-corrected chi connectivity index (χ2v) is 4.84. The molecule has 1 fully saturated rings. The number of rotatable bonds is 2. The van der Waals surface area contributed by atoms with Gasteiger partial charge in [-0.15, -0.1) is 0 Å². The van der Waals surface area contributed by atoms with Crippen LogP contribution in [-0.2, 0) is 4.79 Å². The number of anilines is 1. The minimum Gasteiger partial charge on any atom is -0.399 e. The van der Waals surface area contributed by atoms with E-state index in [-0.39, 0.29) is 17.9 Å². The van der Waals surface area contributed by atoms with Gasteiger partial charge < -0.3 is 16.0 Å². The molecule has 102 valence electrons. The van der Waals surface area contributed by atoms with Crippen LogP contribution in [0.2, 0.25) is 0 Å². The van der Waals surface area contributed by atoms with Crippen molar-refractivity contribution in [2.45, 2.75) is 25.8 Å². The normalized spacial score (nSPS) is 18.4. The summed E-state index contributed by atoms with van der Waals surface area (Å²) in [7, 11) is 1.59. The van der Waals surface area contributed by atoms with E-state index in [1.807, 2.05) is 6.92 Å². The molecule has 1 heterocycles. The number of carbonyl (C=O) groups is 2. The second kappa shape index (κ2) is 5.30. The van der Waals surface area contributed by atoms with Gasteiger partial charge in [0.1, 0.15) is 6.04 Å². The fourth-order valence-electron chi connectivity index (χ4n) is 2.42. The Morgan fingerprint density at radius 3 is 2.79 bits per heavy atom. The SMILES string of the molecule is CNC(=O)C1CCCN1C(=O)c1ccc(N)c(C)c1. The molecule has 1 unspecified atom stereocenters. The Kier molecular flexibility index (Phi) is 3.74. The molecule has 2 amide bonds. The van der Waals surface area contributed by atoms with E-state index < -0.39 is 0 Å². The van der Waals surface area contributed by atoms with Crippen molar-refractivity contribution in [3.8, 4) is 0 Å². The van der Waals surface area contributed by atoms with E-state index in [0.717, 1.165) is 18.4 Å². The summed E-state index contributed by atoms with van der Waals surface area (Å²) in [5, 5.41) is 2.61. The van der Waals surface area contributed by atoms with Crippen molar-refractivity contribution in [1.29, 1.82) is 0 Å². The van der Waals surface area contributed by atoms with E-state index in [4.69, 9.17) is 5.73 Å². The molecular weight excluding hydrogens is 242 g/mol. The van der Waals surface area contributed by atoms with Crippen molar-refractivity contribution < 1.29 is 9.59 Å². The van der Waals surface area contributed by atoms with Crippen LogP contribution in [0.5, 0.6) is 0 Å². The zero-order chi connectivity index (χ0) is 14.0. The van der Waals surface area contributed by atoms with Crippen molar-refractivity contribution in [3.05, 3.63) is 29.3 Å². The van der Waals surface area contributed by atoms with Gasteiger partial charge in [0.2, 0.25) is 5.91 Å². The Labute approximate surface area is 112 Å². The van der Waals surface area contributed by atoms with Gasteiger partial charge in [-0.25, -0.2) is 0 Å². The molecule has 3 N–H and O–H groups in total. The molecule has 19 heavy (non-hydrogen) atoms. The molecule has 1 aromatic carbocycles. The molecule has 0 spiro atoms. The monoisotopic (exact) mass is 261 g/mol. The fraction of sp³-hybridized carbons (Fsp3) is 0.429. The summed E-state index contributed by atoms with van der Waals surface area (Å²) in [6.45, 7) is 2.49. The molecule has 0 aromatic heterocycles. The highest BCUT2D eigenvalue weighted by atomic mass is 16.2. The third-order valence-corrected chi connectivity index (χ3v) is 3.58. The zero-order valence-electron chi connectivity index (χ0n) is 11.3. The molecule has 0 bridgehead atoms. The van der Waals surface area contributed by atoms with Gasteiger partial charge in [0.05, 0.1) is 0 Å². The van der Waals surface area contributed by atoms with Crippen LogP contribution in [0, 0.1) is 6.92 Å². The van der Waals surface area contributed by atoms with Crippen LogP contribution in [0.4, 0.5) is 5.69 Å². The van der Waals surface area contributed by atoms with Gasteiger partial charge in [0, 0.05) is 24.8 Å². The van der Waals surface area contributed by atoms with Crippen molar-refractivity contribution in [2.75, 3.05) is 19.3 Å². The summed E-state index contributed by atoms with van der Waals surface area (Å²) in [5.74, 6) is -0.202. The Bertz CT molecular complexity index is 513. The molecule has 0 radical (unpaired) electrons. The summed E-state index contributed by atoms with van der Waals surface area (Å²) in [5.41, 5.74) is 7.88. The molecule has 1 aromatic rings. The number of nitrogens with one attached hydrogen (secondary N) is 1. The molecule has 5 nitrogen and oxygen atoms in total. The Morgan fingerprint density at radius 1 is 1.42 bits per heavy atom. The van der Waals surface area contributed by atoms with Crippen LogP contribution in [-0.4, -0.2) is 36.3 Å². The van der Waals surface area contributed by atoms with Gasteiger partial charge in [-0.05, 0) is 43.5 Å². The second-order valence-electron chi connectivity index (χ2n) is 4.84. The van der Waals surface area contributed by atoms with Gasteiger partial charge in [-0.2, -0.15) is 0 Å². The summed E-state index contributed by atoms with van der Waals surface area (Å²) >= 11 is 0. The van der Waals surface area contributed by atoms with Gasteiger partial charge in [0.15, 0.2) is 0 Å². The minimum absolute atomic E-state index is 0.0991. The first-order valence-corrected chi connectivity index (χ1v) is 6.43. The van der Waals surface area contributed by atoms with E-state index >= 15 is 0 Å². The largest absolute Gasteiger partial charge is 0.399 e. The van der Waals surface area contributed by atoms with Crippen LogP contribution in [0.25, 0.3) is 0 Å². The average Bonchev–Trinajstić information content (AvgIpc) is 2.89. The maximum absolute atomic E-state index is 12.4. The van der Waals surface area contributed by atoms with Crippen LogP contribution >= 0.6 is 0 Å². The lowest BCUT2D eigenvalue weighted by molar-refractivity contribution is -0.124. The quantitative estimate of drug-likeness (QED) is 0.778. The topological polar surface area (TPSA) is 75.4 Å². The molecule has 2 rings (SSSR count). The lowest BCUT2D eigenvalue weighted by Gasteiger charge is -2.23. The number of likely N-dealkylation sites (tertiary alicyclic amines) is 1. The number of nitrogens with two attached hydrogens (primary N) is 1. The average molecular weight is 261 g/mol. The van der Waals surface area contributed by atoms with Crippen molar-refractivity contribution in [2.24, 2.45) is 0 Å². The van der Waals surface area contributed by atoms with E-state index in [1.54, 1.807) is 30.1 Å². The highest BCUT2D eigenvalue weighted by molar-refractivity contribution is 5.98. The van der Waals surface area contributed by atoms with Gasteiger partial charge >= 0.3 is 0 Å². The van der Waals surface area contributed by atoms with Gasteiger partial charge in [-0.3, -0.25) is 9.59 Å². The number of hydrogen-bond donors (Lipinski definition) is 2. The van der Waals surface area contributed by atoms with E-state index in [0.29, 0.717) is 17.8 Å². The predicted molar refractivity (Wildman–Crippen MR) is 73.7 cm³/mol. The molecule has 5 heteroatoms. The smallest absolute Gasteiger partial charge is 0.254 e. The molecular formula is C14H19N3O2. The lowest BCUT2D eigenvalue weighted by atomic mass is 10.1. The maximum Gasteiger partial charge on any atom is 0.254 e. The highest BCUT2D eigenvalue weighted by Crippen LogP contribution is 2.22.